The predicted molar refractivity (Wildman–Crippen MR) is 315 cm³/mol. The SMILES string of the molecule is CC1(C)C[C@H]2C(CN3C(=O)[C@@H](NC(=O)OCc4ccccc4)CCCCC=CCCCC[C@@H](C(O)C#N)NC(=O)[C@H]23)O1.CC1(C)C[C@H]2C(CN3C(=O)[C@@H](NC(=O)OCc4ccccc4)CCCCC=CCCCC[C@@H](C(O)C(N)=O)NC(=O)[C@H]23)O1. The Bertz CT molecular complexity index is 2670. The van der Waals surface area contributed by atoms with Crippen LogP contribution in [0, 0.1) is 23.2 Å². The first-order chi connectivity index (χ1) is 40.7. The first-order valence-electron chi connectivity index (χ1n) is 30.6. The molecule has 8 rings (SSSR count). The first-order valence-corrected chi connectivity index (χ1v) is 30.6. The number of allylic oxidation sites excluding steroid dienone is 4. The van der Waals surface area contributed by atoms with Crippen molar-refractivity contribution in [1.29, 1.82) is 5.26 Å². The molecule has 2 aromatic carbocycles. The molecule has 0 aromatic heterocycles. The molecular weight excluding hydrogens is 1090 g/mol. The molecule has 0 aliphatic carbocycles. The fourth-order valence-electron chi connectivity index (χ4n) is 12.8. The fourth-order valence-corrected chi connectivity index (χ4v) is 12.8. The summed E-state index contributed by atoms with van der Waals surface area (Å²) in [5.74, 6) is -3.09. The van der Waals surface area contributed by atoms with Gasteiger partial charge in [0.05, 0.1) is 41.6 Å². The zero-order valence-electron chi connectivity index (χ0n) is 49.9. The van der Waals surface area contributed by atoms with Crippen molar-refractivity contribution in [2.45, 2.75) is 228 Å². The first kappa shape index (κ1) is 65.7. The molecular formula is C64H90N8O13. The standard InChI is InChI=1S/C32H46N4O7.C32H44N4O6/c1-32(2)18-22-25(43-32)19-36-26(22)29(39)34-23(27(37)28(33)38)16-12-7-5-3-4-6-8-13-17-24(30(36)40)35-31(41)42-20-21-14-10-9-11-15-21;1-32(2)18-23-27(42-32)20-36-28(23)29(38)34-24(26(37)19-33)16-12-7-5-3-4-6-8-13-17-25(30(36)39)35-31(40)41-21-22-14-10-9-11-15-22/h3-4,9-11,14-15,22-27,37H,5-8,12-13,16-20H2,1-2H3,(H2,33,38)(H,34,39)(H,35,41);3-4,9-11,14-15,23-28,37H,5-8,12-13,16-18,20-21H2,1-2H3,(H,34,38)(H,35,40)/t22-,23-,24-,25?,26-,27?;23-,24-,25-,26?,27?,28-/m00/s1. The van der Waals surface area contributed by atoms with E-state index in [0.717, 1.165) is 68.9 Å². The van der Waals surface area contributed by atoms with E-state index >= 15 is 0 Å². The van der Waals surface area contributed by atoms with Gasteiger partial charge in [-0.15, -0.1) is 0 Å². The highest BCUT2D eigenvalue weighted by Gasteiger charge is 2.58. The number of nitriles is 1. The van der Waals surface area contributed by atoms with Crippen molar-refractivity contribution in [2.24, 2.45) is 17.6 Å². The van der Waals surface area contributed by atoms with E-state index in [4.69, 9.17) is 24.7 Å². The molecule has 0 radical (unpaired) electrons. The molecule has 6 aliphatic heterocycles. The number of alkyl carbamates (subject to hydrolysis) is 2. The van der Waals surface area contributed by atoms with E-state index < -0.39 is 89.6 Å². The highest BCUT2D eigenvalue weighted by molar-refractivity contribution is 5.94. The third kappa shape index (κ3) is 19.1. The van der Waals surface area contributed by atoms with Gasteiger partial charge in [0.2, 0.25) is 29.5 Å². The van der Waals surface area contributed by atoms with Crippen LogP contribution in [0.2, 0.25) is 0 Å². The van der Waals surface area contributed by atoms with Crippen LogP contribution >= 0.6 is 0 Å². The van der Waals surface area contributed by atoms with Crippen LogP contribution in [0.5, 0.6) is 0 Å². The second kappa shape index (κ2) is 31.5. The van der Waals surface area contributed by atoms with Crippen molar-refractivity contribution in [2.75, 3.05) is 13.1 Å². The van der Waals surface area contributed by atoms with E-state index in [2.05, 4.69) is 45.6 Å². The fraction of sp³-hybridized carbons (Fsp3) is 0.625. The van der Waals surface area contributed by atoms with Crippen LogP contribution in [0.4, 0.5) is 9.59 Å². The summed E-state index contributed by atoms with van der Waals surface area (Å²) in [4.78, 5) is 96.6. The van der Waals surface area contributed by atoms with Gasteiger partial charge in [0.1, 0.15) is 37.4 Å². The summed E-state index contributed by atoms with van der Waals surface area (Å²) in [6.07, 6.45) is 15.7. The number of aliphatic hydroxyl groups is 2. The Morgan fingerprint density at radius 2 is 1.00 bits per heavy atom. The molecule has 21 nitrogen and oxygen atoms in total. The third-order valence-corrected chi connectivity index (χ3v) is 17.0. The summed E-state index contributed by atoms with van der Waals surface area (Å²) >= 11 is 0. The Balaban J connectivity index is 0.000000244. The number of benzene rings is 2. The number of ether oxygens (including phenoxy) is 4. The van der Waals surface area contributed by atoms with E-state index in [-0.39, 0.29) is 62.2 Å². The van der Waals surface area contributed by atoms with Gasteiger partial charge in [-0.2, -0.15) is 5.26 Å². The van der Waals surface area contributed by atoms with Gasteiger partial charge in [-0.05, 0) is 129 Å². The molecule has 6 aliphatic rings. The van der Waals surface area contributed by atoms with E-state index in [1.54, 1.807) is 0 Å². The molecule has 0 saturated carbocycles. The number of aliphatic hydroxyl groups excluding tert-OH is 2. The van der Waals surface area contributed by atoms with Gasteiger partial charge in [-0.3, -0.25) is 24.0 Å². The number of primary amides is 1. The maximum absolute atomic E-state index is 14.1. The monoisotopic (exact) mass is 1180 g/mol. The number of fused-ring (bicyclic) bond motifs is 6. The summed E-state index contributed by atoms with van der Waals surface area (Å²) < 4.78 is 23.3. The minimum Gasteiger partial charge on any atom is -0.445 e. The van der Waals surface area contributed by atoms with Gasteiger partial charge in [0.25, 0.3) is 0 Å². The molecule has 21 heteroatoms. The smallest absolute Gasteiger partial charge is 0.408 e. The summed E-state index contributed by atoms with van der Waals surface area (Å²) in [6, 6.07) is 15.2. The molecule has 8 N–H and O–H groups in total. The van der Waals surface area contributed by atoms with Gasteiger partial charge in [-0.25, -0.2) is 9.59 Å². The topological polar surface area (TPSA) is 301 Å². The van der Waals surface area contributed by atoms with E-state index in [0.29, 0.717) is 57.8 Å². The molecule has 85 heavy (non-hydrogen) atoms. The molecule has 0 spiro atoms. The maximum Gasteiger partial charge on any atom is 0.408 e. The number of rotatable bonds is 9. The number of nitrogens with two attached hydrogens (primary N) is 1. The number of carbonyl (C=O) groups is 7. The quantitative estimate of drug-likeness (QED) is 0.105. The lowest BCUT2D eigenvalue weighted by molar-refractivity contribution is -0.143. The summed E-state index contributed by atoms with van der Waals surface area (Å²) in [5.41, 5.74) is 6.14. The van der Waals surface area contributed by atoms with Crippen molar-refractivity contribution in [3.05, 3.63) is 96.1 Å². The lowest BCUT2D eigenvalue weighted by atomic mass is 9.89. The van der Waals surface area contributed by atoms with Crippen molar-refractivity contribution < 1.29 is 62.7 Å². The zero-order chi connectivity index (χ0) is 61.1. The van der Waals surface area contributed by atoms with Crippen molar-refractivity contribution in [3.8, 4) is 6.07 Å². The van der Waals surface area contributed by atoms with Crippen LogP contribution in [0.1, 0.15) is 154 Å². The third-order valence-electron chi connectivity index (χ3n) is 17.0. The lowest BCUT2D eigenvalue weighted by Gasteiger charge is -2.33. The predicted octanol–water partition coefficient (Wildman–Crippen LogP) is 6.43. The van der Waals surface area contributed by atoms with E-state index in [1.807, 2.05) is 94.4 Å². The van der Waals surface area contributed by atoms with Gasteiger partial charge in [0, 0.05) is 24.9 Å². The average molecular weight is 1180 g/mol. The van der Waals surface area contributed by atoms with E-state index in [9.17, 15) is 49.0 Å². The normalized spacial score (nSPS) is 29.2. The van der Waals surface area contributed by atoms with Crippen LogP contribution < -0.4 is 27.0 Å². The molecule has 12 atom stereocenters. The molecule has 4 unspecified atom stereocenters. The van der Waals surface area contributed by atoms with Crippen molar-refractivity contribution >= 4 is 41.7 Å². The molecule has 6 heterocycles. The Labute approximate surface area is 500 Å². The van der Waals surface area contributed by atoms with Crippen LogP contribution in [-0.2, 0) is 56.1 Å². The number of hydrogen-bond donors (Lipinski definition) is 7. The number of amides is 7. The Kier molecular flexibility index (Phi) is 24.3. The molecule has 4 saturated heterocycles. The van der Waals surface area contributed by atoms with Crippen LogP contribution in [0.25, 0.3) is 0 Å². The number of carbonyl (C=O) groups excluding carboxylic acids is 7. The van der Waals surface area contributed by atoms with Crippen molar-refractivity contribution in [1.82, 2.24) is 31.1 Å². The molecule has 4 fully saturated rings. The minimum absolute atomic E-state index is 0.0593. The van der Waals surface area contributed by atoms with Crippen LogP contribution in [0.3, 0.4) is 0 Å². The minimum atomic E-state index is -1.56. The zero-order valence-corrected chi connectivity index (χ0v) is 49.9. The van der Waals surface area contributed by atoms with Gasteiger partial charge >= 0.3 is 12.2 Å². The number of nitrogens with one attached hydrogen (secondary N) is 4. The van der Waals surface area contributed by atoms with Gasteiger partial charge in [-0.1, -0.05) is 111 Å². The van der Waals surface area contributed by atoms with E-state index in [1.165, 1.54) is 9.80 Å². The maximum atomic E-state index is 14.1. The average Bonchev–Trinajstić information content (AvgIpc) is 3.34. The van der Waals surface area contributed by atoms with Gasteiger partial charge in [0.15, 0.2) is 12.2 Å². The number of hydrogen-bond acceptors (Lipinski definition) is 14. The second-order valence-corrected chi connectivity index (χ2v) is 24.7. The molecule has 7 amide bonds. The number of nitrogens with zero attached hydrogens (tertiary/aromatic N) is 3. The van der Waals surface area contributed by atoms with Crippen LogP contribution in [0.15, 0.2) is 85.0 Å². The summed E-state index contributed by atoms with van der Waals surface area (Å²) in [7, 11) is 0. The lowest BCUT2D eigenvalue weighted by Crippen LogP contribution is -2.58. The molecule has 464 valence electrons. The summed E-state index contributed by atoms with van der Waals surface area (Å²) in [6.45, 7) is 8.38. The van der Waals surface area contributed by atoms with Gasteiger partial charge < -0.3 is 66.0 Å². The molecule has 0 bridgehead atoms. The van der Waals surface area contributed by atoms with Crippen LogP contribution in [-0.4, -0.2) is 147 Å². The largest absolute Gasteiger partial charge is 0.445 e. The Morgan fingerprint density at radius 3 is 1.39 bits per heavy atom. The highest BCUT2D eigenvalue weighted by Crippen LogP contribution is 2.45. The second-order valence-electron chi connectivity index (χ2n) is 24.7. The Hall–Kier alpha value is -6.86. The molecule has 2 aromatic rings. The summed E-state index contributed by atoms with van der Waals surface area (Å²) in [5, 5.41) is 41.7. The van der Waals surface area contributed by atoms with Crippen molar-refractivity contribution in [3.63, 3.8) is 0 Å². The Morgan fingerprint density at radius 1 is 0.624 bits per heavy atom. The highest BCUT2D eigenvalue weighted by atomic mass is 16.6.